The molecule has 134 valence electrons. The predicted molar refractivity (Wildman–Crippen MR) is 89.5 cm³/mol. The van der Waals surface area contributed by atoms with Crippen LogP contribution in [0.5, 0.6) is 0 Å². The monoisotopic (exact) mass is 336 g/mol. The summed E-state index contributed by atoms with van der Waals surface area (Å²) >= 11 is 0. The van der Waals surface area contributed by atoms with Gasteiger partial charge in [-0.15, -0.1) is 0 Å². The highest BCUT2D eigenvalue weighted by atomic mass is 16.5. The van der Waals surface area contributed by atoms with Crippen molar-refractivity contribution in [1.29, 1.82) is 0 Å². The Morgan fingerprint density at radius 1 is 1.46 bits per heavy atom. The Kier molecular flexibility index (Phi) is 5.58. The van der Waals surface area contributed by atoms with Crippen molar-refractivity contribution >= 4 is 5.91 Å². The average molecular weight is 336 g/mol. The van der Waals surface area contributed by atoms with Crippen LogP contribution in [0.2, 0.25) is 0 Å². The number of hydrogen-bond acceptors (Lipinski definition) is 5. The van der Waals surface area contributed by atoms with Crippen LogP contribution in [-0.4, -0.2) is 68.3 Å². The molecule has 0 radical (unpaired) electrons. The van der Waals surface area contributed by atoms with Crippen LogP contribution in [0.3, 0.4) is 0 Å². The van der Waals surface area contributed by atoms with Gasteiger partial charge in [0.2, 0.25) is 5.91 Å². The molecule has 2 aliphatic rings. The molecule has 1 amide bonds. The molecule has 1 spiro atoms. The van der Waals surface area contributed by atoms with Gasteiger partial charge in [-0.05, 0) is 25.0 Å². The summed E-state index contributed by atoms with van der Waals surface area (Å²) in [5.74, 6) is 1.52. The SMILES string of the molecule is CCOCC(=O)N1CCOC[C@]2(CN(Cc3ccco3)C[C@H]2C)C1. The third-order valence-electron chi connectivity index (χ3n) is 5.26. The fraction of sp³-hybridized carbons (Fsp3) is 0.722. The van der Waals surface area contributed by atoms with Gasteiger partial charge in [-0.3, -0.25) is 9.69 Å². The number of rotatable bonds is 5. The molecule has 2 fully saturated rings. The number of carbonyl (C=O) groups is 1. The minimum atomic E-state index is -0.00896. The first-order valence-corrected chi connectivity index (χ1v) is 8.81. The Bertz CT molecular complexity index is 533. The fourth-order valence-electron chi connectivity index (χ4n) is 3.83. The normalized spacial score (nSPS) is 28.4. The van der Waals surface area contributed by atoms with E-state index >= 15 is 0 Å². The molecule has 1 aromatic rings. The quantitative estimate of drug-likeness (QED) is 0.818. The molecule has 0 N–H and O–H groups in total. The fourth-order valence-corrected chi connectivity index (χ4v) is 3.83. The van der Waals surface area contributed by atoms with E-state index in [2.05, 4.69) is 11.8 Å². The molecule has 3 rings (SSSR count). The molecule has 6 nitrogen and oxygen atoms in total. The molecule has 0 aliphatic carbocycles. The van der Waals surface area contributed by atoms with E-state index in [9.17, 15) is 4.79 Å². The van der Waals surface area contributed by atoms with Gasteiger partial charge in [-0.25, -0.2) is 0 Å². The zero-order chi connectivity index (χ0) is 17.0. The van der Waals surface area contributed by atoms with Gasteiger partial charge in [0.25, 0.3) is 0 Å². The van der Waals surface area contributed by atoms with Crippen LogP contribution in [0, 0.1) is 11.3 Å². The van der Waals surface area contributed by atoms with Crippen molar-refractivity contribution in [2.75, 3.05) is 52.6 Å². The van der Waals surface area contributed by atoms with Crippen molar-refractivity contribution < 1.29 is 18.7 Å². The van der Waals surface area contributed by atoms with Crippen LogP contribution < -0.4 is 0 Å². The molecule has 2 aliphatic heterocycles. The molecular weight excluding hydrogens is 308 g/mol. The lowest BCUT2D eigenvalue weighted by Gasteiger charge is -2.35. The summed E-state index contributed by atoms with van der Waals surface area (Å²) in [5, 5.41) is 0. The standard InChI is InChI=1S/C18H28N2O4/c1-3-22-11-17(21)20-6-8-23-14-18(13-20)12-19(9-15(18)2)10-16-5-4-7-24-16/h4-5,7,15H,3,6,8-14H2,1-2H3/t15-,18+/m1/s1. The Balaban J connectivity index is 1.66. The van der Waals surface area contributed by atoms with Gasteiger partial charge >= 0.3 is 0 Å². The third kappa shape index (κ3) is 3.82. The summed E-state index contributed by atoms with van der Waals surface area (Å²) in [5.41, 5.74) is -0.00896. The van der Waals surface area contributed by atoms with Crippen molar-refractivity contribution in [3.05, 3.63) is 24.2 Å². The summed E-state index contributed by atoms with van der Waals surface area (Å²) in [4.78, 5) is 16.7. The second-order valence-electron chi connectivity index (χ2n) is 7.02. The van der Waals surface area contributed by atoms with E-state index in [1.54, 1.807) is 6.26 Å². The van der Waals surface area contributed by atoms with Crippen molar-refractivity contribution in [1.82, 2.24) is 9.80 Å². The molecule has 1 aromatic heterocycles. The van der Waals surface area contributed by atoms with Crippen LogP contribution in [0.15, 0.2) is 22.8 Å². The van der Waals surface area contributed by atoms with E-state index in [4.69, 9.17) is 13.9 Å². The van der Waals surface area contributed by atoms with E-state index < -0.39 is 0 Å². The Hall–Kier alpha value is -1.37. The van der Waals surface area contributed by atoms with E-state index in [1.165, 1.54) is 0 Å². The summed E-state index contributed by atoms with van der Waals surface area (Å²) in [6, 6.07) is 3.94. The maximum absolute atomic E-state index is 12.4. The number of carbonyl (C=O) groups excluding carboxylic acids is 1. The van der Waals surface area contributed by atoms with Gasteiger partial charge in [-0.1, -0.05) is 6.92 Å². The second kappa shape index (κ2) is 7.68. The highest BCUT2D eigenvalue weighted by Crippen LogP contribution is 2.39. The van der Waals surface area contributed by atoms with Crippen LogP contribution in [-0.2, 0) is 20.8 Å². The van der Waals surface area contributed by atoms with Gasteiger partial charge in [-0.2, -0.15) is 0 Å². The minimum absolute atomic E-state index is 0.00896. The minimum Gasteiger partial charge on any atom is -0.468 e. The van der Waals surface area contributed by atoms with Crippen molar-refractivity contribution in [2.45, 2.75) is 20.4 Å². The topological polar surface area (TPSA) is 55.1 Å². The number of likely N-dealkylation sites (tertiary alicyclic amines) is 1. The van der Waals surface area contributed by atoms with E-state index in [-0.39, 0.29) is 17.9 Å². The van der Waals surface area contributed by atoms with Crippen molar-refractivity contribution in [2.24, 2.45) is 11.3 Å². The zero-order valence-corrected chi connectivity index (χ0v) is 14.7. The summed E-state index contributed by atoms with van der Waals surface area (Å²) in [6.45, 7) is 10.3. The summed E-state index contributed by atoms with van der Waals surface area (Å²) < 4.78 is 16.7. The van der Waals surface area contributed by atoms with Crippen LogP contribution in [0.25, 0.3) is 0 Å². The van der Waals surface area contributed by atoms with E-state index in [0.717, 1.165) is 31.9 Å². The Morgan fingerprint density at radius 3 is 3.08 bits per heavy atom. The molecular formula is C18H28N2O4. The number of ether oxygens (including phenoxy) is 2. The first-order valence-electron chi connectivity index (χ1n) is 8.81. The lowest BCUT2D eigenvalue weighted by Crippen LogP contribution is -2.46. The largest absolute Gasteiger partial charge is 0.468 e. The zero-order valence-electron chi connectivity index (χ0n) is 14.7. The lowest BCUT2D eigenvalue weighted by atomic mass is 9.79. The van der Waals surface area contributed by atoms with Gasteiger partial charge in [0.1, 0.15) is 12.4 Å². The molecule has 0 saturated carbocycles. The highest BCUT2D eigenvalue weighted by molar-refractivity contribution is 5.77. The maximum Gasteiger partial charge on any atom is 0.248 e. The Morgan fingerprint density at radius 2 is 2.33 bits per heavy atom. The first kappa shape index (κ1) is 17.5. The van der Waals surface area contributed by atoms with Crippen LogP contribution in [0.1, 0.15) is 19.6 Å². The van der Waals surface area contributed by atoms with Gasteiger partial charge in [0, 0.05) is 38.2 Å². The molecule has 2 atom stereocenters. The maximum atomic E-state index is 12.4. The highest BCUT2D eigenvalue weighted by Gasteiger charge is 2.47. The van der Waals surface area contributed by atoms with Gasteiger partial charge in [0.15, 0.2) is 0 Å². The summed E-state index contributed by atoms with van der Waals surface area (Å²) in [6.07, 6.45) is 1.72. The number of amides is 1. The molecule has 0 bridgehead atoms. The molecule has 6 heteroatoms. The van der Waals surface area contributed by atoms with Crippen molar-refractivity contribution in [3.8, 4) is 0 Å². The average Bonchev–Trinajstić information content (AvgIpc) is 3.10. The molecule has 0 aromatic carbocycles. The van der Waals surface area contributed by atoms with E-state index in [1.807, 2.05) is 24.0 Å². The number of furan rings is 1. The molecule has 2 saturated heterocycles. The number of hydrogen-bond donors (Lipinski definition) is 0. The smallest absolute Gasteiger partial charge is 0.248 e. The molecule has 3 heterocycles. The van der Waals surface area contributed by atoms with E-state index in [0.29, 0.717) is 32.3 Å². The van der Waals surface area contributed by atoms with Gasteiger partial charge < -0.3 is 18.8 Å². The second-order valence-corrected chi connectivity index (χ2v) is 7.02. The first-order chi connectivity index (χ1) is 11.6. The molecule has 24 heavy (non-hydrogen) atoms. The summed E-state index contributed by atoms with van der Waals surface area (Å²) in [7, 11) is 0. The van der Waals surface area contributed by atoms with Crippen LogP contribution in [0.4, 0.5) is 0 Å². The lowest BCUT2D eigenvalue weighted by molar-refractivity contribution is -0.137. The molecule has 0 unspecified atom stereocenters. The Labute approximate surface area is 143 Å². The van der Waals surface area contributed by atoms with Crippen LogP contribution >= 0.6 is 0 Å². The third-order valence-corrected chi connectivity index (χ3v) is 5.26. The van der Waals surface area contributed by atoms with Gasteiger partial charge in [0.05, 0.1) is 26.0 Å². The predicted octanol–water partition coefficient (Wildman–Crippen LogP) is 1.61. The number of nitrogens with zero attached hydrogens (tertiary/aromatic N) is 2. The van der Waals surface area contributed by atoms with Crippen molar-refractivity contribution in [3.63, 3.8) is 0 Å².